The molecule has 6 nitrogen and oxygen atoms in total. The van der Waals surface area contributed by atoms with Crippen LogP contribution in [0.4, 0.5) is 0 Å². The standard InChI is InChI=1S/C35H53ClO6Si/c1-7-26(36)23-30-29(20-19-28(40-33-17-11-13-21-37-33)25-39-27-15-9-8-10-16-27)31(41-34-18-12-14-22-38-34)24-32(30)42-43(5,6)35(2,3)4/h1,8-10,15-16,19-20,26,28-34H,11-14,17-18,21-25H2,2-6H3/t26-,28?,29?,30?,31?,32?,33?,34?/m1/s1. The first kappa shape index (κ1) is 34.5. The van der Waals surface area contributed by atoms with Crippen LogP contribution in [-0.4, -0.2) is 64.4 Å². The van der Waals surface area contributed by atoms with Crippen molar-refractivity contribution in [2.75, 3.05) is 19.8 Å². The van der Waals surface area contributed by atoms with Gasteiger partial charge < -0.3 is 28.1 Å². The summed E-state index contributed by atoms with van der Waals surface area (Å²) in [6, 6.07) is 9.85. The second kappa shape index (κ2) is 16.3. The zero-order valence-electron chi connectivity index (χ0n) is 26.8. The Hall–Kier alpha value is -1.37. The minimum absolute atomic E-state index is 0.0136. The highest BCUT2D eigenvalue weighted by Gasteiger charge is 2.49. The summed E-state index contributed by atoms with van der Waals surface area (Å²) in [7, 11) is -2.08. The van der Waals surface area contributed by atoms with E-state index in [0.29, 0.717) is 13.0 Å². The lowest BCUT2D eigenvalue weighted by Gasteiger charge is -2.40. The SMILES string of the molecule is C#C[C@@H](Cl)CC1C(O[Si](C)(C)C(C)(C)C)CC(OC2CCCCO2)C1C=CC(COc1ccccc1)OC1CCCCO1. The maximum atomic E-state index is 7.09. The Morgan fingerprint density at radius 3 is 2.30 bits per heavy atom. The van der Waals surface area contributed by atoms with Gasteiger partial charge in [0.1, 0.15) is 18.5 Å². The fourth-order valence-corrected chi connectivity index (χ4v) is 7.51. The maximum absolute atomic E-state index is 7.09. The van der Waals surface area contributed by atoms with Crippen molar-refractivity contribution in [2.24, 2.45) is 11.8 Å². The second-order valence-corrected chi connectivity index (χ2v) is 19.0. The van der Waals surface area contributed by atoms with Gasteiger partial charge in [-0.3, -0.25) is 0 Å². The van der Waals surface area contributed by atoms with E-state index in [2.05, 4.69) is 51.9 Å². The Morgan fingerprint density at radius 2 is 1.70 bits per heavy atom. The third-order valence-electron chi connectivity index (χ3n) is 9.41. The molecular weight excluding hydrogens is 580 g/mol. The van der Waals surface area contributed by atoms with E-state index in [0.717, 1.165) is 63.9 Å². The van der Waals surface area contributed by atoms with Gasteiger partial charge in [-0.25, -0.2) is 0 Å². The zero-order chi connectivity index (χ0) is 30.9. The van der Waals surface area contributed by atoms with Gasteiger partial charge >= 0.3 is 0 Å². The van der Waals surface area contributed by atoms with Crippen molar-refractivity contribution in [1.29, 1.82) is 0 Å². The van der Waals surface area contributed by atoms with Crippen LogP contribution in [0.2, 0.25) is 18.1 Å². The lowest BCUT2D eigenvalue weighted by atomic mass is 9.88. The number of benzene rings is 1. The number of para-hydroxylation sites is 1. The molecule has 43 heavy (non-hydrogen) atoms. The predicted molar refractivity (Wildman–Crippen MR) is 175 cm³/mol. The molecule has 3 aliphatic rings. The summed E-state index contributed by atoms with van der Waals surface area (Å²) >= 11 is 6.65. The van der Waals surface area contributed by atoms with Crippen molar-refractivity contribution in [2.45, 2.75) is 127 Å². The molecule has 2 saturated heterocycles. The molecule has 1 aromatic carbocycles. The first-order valence-electron chi connectivity index (χ1n) is 16.2. The summed E-state index contributed by atoms with van der Waals surface area (Å²) in [6.07, 6.45) is 16.9. The van der Waals surface area contributed by atoms with Gasteiger partial charge in [0.2, 0.25) is 0 Å². The third kappa shape index (κ3) is 10.3. The molecule has 8 atom stereocenters. The van der Waals surface area contributed by atoms with Crippen molar-refractivity contribution in [1.82, 2.24) is 0 Å². The molecule has 1 aromatic rings. The van der Waals surface area contributed by atoms with E-state index in [1.54, 1.807) is 0 Å². The summed E-state index contributed by atoms with van der Waals surface area (Å²) < 4.78 is 38.4. The van der Waals surface area contributed by atoms with E-state index in [1.807, 2.05) is 30.3 Å². The van der Waals surface area contributed by atoms with Crippen LogP contribution in [0.25, 0.3) is 0 Å². The lowest BCUT2D eigenvalue weighted by Crippen LogP contribution is -2.45. The molecule has 240 valence electrons. The summed E-state index contributed by atoms with van der Waals surface area (Å²) in [6.45, 7) is 13.3. The topological polar surface area (TPSA) is 55.4 Å². The first-order valence-corrected chi connectivity index (χ1v) is 19.6. The van der Waals surface area contributed by atoms with Gasteiger partial charge in [0, 0.05) is 19.1 Å². The Bertz CT molecular complexity index is 1030. The van der Waals surface area contributed by atoms with Crippen molar-refractivity contribution in [3.63, 3.8) is 0 Å². The molecular formula is C35H53ClO6Si. The molecule has 7 unspecified atom stereocenters. The molecule has 2 heterocycles. The lowest BCUT2D eigenvalue weighted by molar-refractivity contribution is -0.193. The summed E-state index contributed by atoms with van der Waals surface area (Å²) in [5, 5.41) is -0.311. The predicted octanol–water partition coefficient (Wildman–Crippen LogP) is 8.10. The van der Waals surface area contributed by atoms with Crippen LogP contribution >= 0.6 is 11.6 Å². The molecule has 4 rings (SSSR count). The fourth-order valence-electron chi connectivity index (χ4n) is 5.92. The number of hydrogen-bond donors (Lipinski definition) is 0. The van der Waals surface area contributed by atoms with Crippen LogP contribution in [0.3, 0.4) is 0 Å². The monoisotopic (exact) mass is 632 g/mol. The fraction of sp³-hybridized carbons (Fsp3) is 0.714. The van der Waals surface area contributed by atoms with Crippen molar-refractivity contribution >= 4 is 19.9 Å². The van der Waals surface area contributed by atoms with Crippen molar-refractivity contribution in [3.8, 4) is 18.1 Å². The molecule has 0 aromatic heterocycles. The summed E-state index contributed by atoms with van der Waals surface area (Å²) in [5.41, 5.74) is 0. The highest BCUT2D eigenvalue weighted by atomic mass is 35.5. The van der Waals surface area contributed by atoms with Gasteiger partial charge in [-0.15, -0.1) is 18.0 Å². The van der Waals surface area contributed by atoms with Gasteiger partial charge in [0.05, 0.1) is 17.6 Å². The molecule has 1 aliphatic carbocycles. The van der Waals surface area contributed by atoms with Gasteiger partial charge in [-0.2, -0.15) is 0 Å². The van der Waals surface area contributed by atoms with Crippen LogP contribution in [0.15, 0.2) is 42.5 Å². The Kier molecular flexibility index (Phi) is 13.1. The number of halogens is 1. The molecule has 0 spiro atoms. The van der Waals surface area contributed by atoms with Crippen LogP contribution in [0.1, 0.15) is 72.1 Å². The molecule has 2 aliphatic heterocycles. The number of hydrogen-bond acceptors (Lipinski definition) is 6. The number of ether oxygens (including phenoxy) is 5. The van der Waals surface area contributed by atoms with Crippen LogP contribution in [0, 0.1) is 24.2 Å². The van der Waals surface area contributed by atoms with E-state index in [9.17, 15) is 0 Å². The minimum atomic E-state index is -2.08. The van der Waals surface area contributed by atoms with Crippen LogP contribution in [0.5, 0.6) is 5.75 Å². The van der Waals surface area contributed by atoms with Crippen molar-refractivity contribution in [3.05, 3.63) is 42.5 Å². The van der Waals surface area contributed by atoms with E-state index in [-0.39, 0.29) is 53.1 Å². The minimum Gasteiger partial charge on any atom is -0.491 e. The molecule has 8 heteroatoms. The highest BCUT2D eigenvalue weighted by molar-refractivity contribution is 6.74. The van der Waals surface area contributed by atoms with Gasteiger partial charge in [-0.05, 0) is 87.5 Å². The average Bonchev–Trinajstić information content (AvgIpc) is 3.29. The van der Waals surface area contributed by atoms with Crippen LogP contribution < -0.4 is 4.74 Å². The Morgan fingerprint density at radius 1 is 1.02 bits per heavy atom. The van der Waals surface area contributed by atoms with E-state index < -0.39 is 8.32 Å². The molecule has 0 bridgehead atoms. The van der Waals surface area contributed by atoms with Gasteiger partial charge in [0.15, 0.2) is 20.9 Å². The van der Waals surface area contributed by atoms with Crippen LogP contribution in [-0.2, 0) is 23.4 Å². The van der Waals surface area contributed by atoms with E-state index >= 15 is 0 Å². The average molecular weight is 633 g/mol. The quantitative estimate of drug-likeness (QED) is 0.0948. The third-order valence-corrected chi connectivity index (χ3v) is 14.2. The number of terminal acetylenes is 1. The smallest absolute Gasteiger partial charge is 0.192 e. The largest absolute Gasteiger partial charge is 0.491 e. The molecule has 1 saturated carbocycles. The van der Waals surface area contributed by atoms with Gasteiger partial charge in [0.25, 0.3) is 0 Å². The van der Waals surface area contributed by atoms with Crippen molar-refractivity contribution < 1.29 is 28.1 Å². The Labute approximate surface area is 266 Å². The Balaban J connectivity index is 1.60. The van der Waals surface area contributed by atoms with E-state index in [1.165, 1.54) is 0 Å². The summed E-state index contributed by atoms with van der Waals surface area (Å²) in [4.78, 5) is 0. The molecule has 3 fully saturated rings. The van der Waals surface area contributed by atoms with Gasteiger partial charge in [-0.1, -0.05) is 57.0 Å². The summed E-state index contributed by atoms with van der Waals surface area (Å²) in [5.74, 6) is 3.69. The highest BCUT2D eigenvalue weighted by Crippen LogP contribution is 2.46. The molecule has 0 N–H and O–H groups in total. The molecule has 0 amide bonds. The van der Waals surface area contributed by atoms with E-state index in [4.69, 9.17) is 46.1 Å². The number of rotatable bonds is 13. The number of alkyl halides is 1. The zero-order valence-corrected chi connectivity index (χ0v) is 28.6. The molecule has 0 radical (unpaired) electrons. The first-order chi connectivity index (χ1) is 20.6. The maximum Gasteiger partial charge on any atom is 0.192 e. The second-order valence-electron chi connectivity index (χ2n) is 13.7. The normalized spacial score (nSPS) is 30.2.